The molecule has 6 heteroatoms. The van der Waals surface area contributed by atoms with E-state index in [9.17, 15) is 4.79 Å². The van der Waals surface area contributed by atoms with Crippen LogP contribution in [-0.2, 0) is 4.74 Å². The number of carbonyl (C=O) groups is 1. The molecule has 0 aromatic rings. The first-order chi connectivity index (χ1) is 5.60. The zero-order chi connectivity index (χ0) is 9.61. The Balaban J connectivity index is 4.01. The lowest BCUT2D eigenvalue weighted by molar-refractivity contribution is -0.0459. The molecule has 12 heavy (non-hydrogen) atoms. The Hall–Kier alpha value is -0.850. The van der Waals surface area contributed by atoms with Crippen molar-refractivity contribution in [2.24, 2.45) is 5.41 Å². The van der Waals surface area contributed by atoms with Crippen LogP contribution in [0.5, 0.6) is 0 Å². The summed E-state index contributed by atoms with van der Waals surface area (Å²) in [4.78, 5) is 9.93. The van der Waals surface area contributed by atoms with Crippen LogP contribution in [-0.4, -0.2) is 53.0 Å². The van der Waals surface area contributed by atoms with Crippen LogP contribution in [0.15, 0.2) is 0 Å². The maximum absolute atomic E-state index is 9.93. The van der Waals surface area contributed by atoms with Gasteiger partial charge >= 0.3 is 6.16 Å². The van der Waals surface area contributed by atoms with E-state index in [2.05, 4.69) is 4.74 Å². The third-order valence-corrected chi connectivity index (χ3v) is 1.51. The summed E-state index contributed by atoms with van der Waals surface area (Å²) in [7, 11) is 0. The van der Waals surface area contributed by atoms with E-state index < -0.39 is 38.0 Å². The monoisotopic (exact) mass is 180 g/mol. The Morgan fingerprint density at radius 2 is 1.58 bits per heavy atom. The molecule has 0 saturated heterocycles. The number of carboxylic acid groups (broad SMARTS) is 1. The number of hydrogen-bond donors (Lipinski definition) is 4. The van der Waals surface area contributed by atoms with Gasteiger partial charge in [0, 0.05) is 0 Å². The highest BCUT2D eigenvalue weighted by Gasteiger charge is 2.29. The van der Waals surface area contributed by atoms with Crippen molar-refractivity contribution in [1.29, 1.82) is 0 Å². The summed E-state index contributed by atoms with van der Waals surface area (Å²) < 4.78 is 4.12. The largest absolute Gasteiger partial charge is 0.505 e. The summed E-state index contributed by atoms with van der Waals surface area (Å²) in [6, 6.07) is 0. The van der Waals surface area contributed by atoms with Gasteiger partial charge in [-0.25, -0.2) is 4.79 Å². The fraction of sp³-hybridized carbons (Fsp3) is 0.833. The van der Waals surface area contributed by atoms with E-state index in [1.54, 1.807) is 0 Å². The third-order valence-electron chi connectivity index (χ3n) is 1.51. The van der Waals surface area contributed by atoms with Crippen molar-refractivity contribution in [3.63, 3.8) is 0 Å². The van der Waals surface area contributed by atoms with Gasteiger partial charge in [-0.3, -0.25) is 0 Å². The van der Waals surface area contributed by atoms with Gasteiger partial charge in [-0.2, -0.15) is 0 Å². The Kier molecular flexibility index (Phi) is 4.57. The molecule has 4 N–H and O–H groups in total. The molecule has 0 rings (SSSR count). The Morgan fingerprint density at radius 1 is 1.17 bits per heavy atom. The van der Waals surface area contributed by atoms with Crippen molar-refractivity contribution in [1.82, 2.24) is 0 Å². The fourth-order valence-electron chi connectivity index (χ4n) is 0.502. The van der Waals surface area contributed by atoms with Crippen LogP contribution in [0.25, 0.3) is 0 Å². The highest BCUT2D eigenvalue weighted by molar-refractivity contribution is 5.56. The van der Waals surface area contributed by atoms with Gasteiger partial charge in [0.05, 0.1) is 25.2 Å². The molecule has 72 valence electrons. The highest BCUT2D eigenvalue weighted by atomic mass is 16.7. The lowest BCUT2D eigenvalue weighted by atomic mass is 9.93. The van der Waals surface area contributed by atoms with E-state index in [-0.39, 0.29) is 0 Å². The molecule has 6 nitrogen and oxygen atoms in total. The molecule has 0 aromatic heterocycles. The van der Waals surface area contributed by atoms with Crippen molar-refractivity contribution in [2.75, 3.05) is 26.4 Å². The first-order valence-electron chi connectivity index (χ1n) is 3.28. The molecule has 0 radical (unpaired) electrons. The number of aliphatic hydroxyl groups excluding tert-OH is 3. The van der Waals surface area contributed by atoms with Gasteiger partial charge in [0.15, 0.2) is 0 Å². The Labute approximate surface area is 69.0 Å². The minimum absolute atomic E-state index is 0.425. The van der Waals surface area contributed by atoms with Gasteiger partial charge in [0.25, 0.3) is 0 Å². The summed E-state index contributed by atoms with van der Waals surface area (Å²) in [5.74, 6) is 0. The van der Waals surface area contributed by atoms with Crippen LogP contribution in [0.1, 0.15) is 0 Å². The first kappa shape index (κ1) is 11.2. The van der Waals surface area contributed by atoms with E-state index >= 15 is 0 Å². The van der Waals surface area contributed by atoms with Gasteiger partial charge in [-0.1, -0.05) is 0 Å². The van der Waals surface area contributed by atoms with Gasteiger partial charge in [0.2, 0.25) is 0 Å². The Bertz CT molecular complexity index is 133. The van der Waals surface area contributed by atoms with E-state index in [0.29, 0.717) is 0 Å². The number of rotatable bonds is 5. The Morgan fingerprint density at radius 3 is 1.83 bits per heavy atom. The quantitative estimate of drug-likeness (QED) is 0.389. The van der Waals surface area contributed by atoms with Crippen LogP contribution in [0.4, 0.5) is 4.79 Å². The van der Waals surface area contributed by atoms with Gasteiger partial charge in [-0.15, -0.1) is 0 Å². The number of hydrogen-bond acceptors (Lipinski definition) is 5. The average Bonchev–Trinajstić information content (AvgIpc) is 2.08. The first-order valence-corrected chi connectivity index (χ1v) is 3.28. The zero-order valence-electron chi connectivity index (χ0n) is 6.43. The van der Waals surface area contributed by atoms with Crippen LogP contribution in [0, 0.1) is 5.41 Å². The van der Waals surface area contributed by atoms with Crippen molar-refractivity contribution in [3.05, 3.63) is 0 Å². The van der Waals surface area contributed by atoms with E-state index in [1.165, 1.54) is 0 Å². The van der Waals surface area contributed by atoms with Crippen LogP contribution < -0.4 is 0 Å². The maximum Gasteiger partial charge on any atom is 0.505 e. The van der Waals surface area contributed by atoms with Crippen molar-refractivity contribution in [3.8, 4) is 0 Å². The van der Waals surface area contributed by atoms with E-state index in [4.69, 9.17) is 20.4 Å². The normalized spacial score (nSPS) is 11.2. The van der Waals surface area contributed by atoms with Crippen LogP contribution in [0.2, 0.25) is 0 Å². The summed E-state index contributed by atoms with van der Waals surface area (Å²) in [6.07, 6.45) is -1.50. The topological polar surface area (TPSA) is 107 Å². The van der Waals surface area contributed by atoms with Crippen LogP contribution >= 0.6 is 0 Å². The molecule has 0 atom stereocenters. The van der Waals surface area contributed by atoms with Crippen molar-refractivity contribution < 1.29 is 30.0 Å². The molecule has 0 aromatic carbocycles. The van der Waals surface area contributed by atoms with Gasteiger partial charge < -0.3 is 25.2 Å². The molecule has 0 saturated carbocycles. The SMILES string of the molecule is O=C(O)OCC(CO)(CO)CO. The minimum atomic E-state index is -1.50. The molecule has 0 heterocycles. The van der Waals surface area contributed by atoms with Gasteiger partial charge in [0.1, 0.15) is 6.61 Å². The lowest BCUT2D eigenvalue weighted by Crippen LogP contribution is -2.39. The smallest absolute Gasteiger partial charge is 0.450 e. The minimum Gasteiger partial charge on any atom is -0.450 e. The number of ether oxygens (including phenoxy) is 1. The van der Waals surface area contributed by atoms with Gasteiger partial charge in [-0.05, 0) is 0 Å². The van der Waals surface area contributed by atoms with E-state index in [0.717, 1.165) is 0 Å². The predicted octanol–water partition coefficient (Wildman–Crippen LogP) is -1.36. The summed E-state index contributed by atoms with van der Waals surface area (Å²) in [5.41, 5.74) is -1.28. The van der Waals surface area contributed by atoms with Crippen molar-refractivity contribution >= 4 is 6.16 Å². The molecule has 0 fully saturated rings. The van der Waals surface area contributed by atoms with Crippen LogP contribution in [0.3, 0.4) is 0 Å². The lowest BCUT2D eigenvalue weighted by Gasteiger charge is -2.25. The maximum atomic E-state index is 9.93. The predicted molar refractivity (Wildman–Crippen MR) is 37.7 cm³/mol. The summed E-state index contributed by atoms with van der Waals surface area (Å²) in [6.45, 7) is -2.03. The fourth-order valence-corrected chi connectivity index (χ4v) is 0.502. The molecule has 0 aliphatic rings. The summed E-state index contributed by atoms with van der Waals surface area (Å²) in [5, 5.41) is 34.2. The third kappa shape index (κ3) is 3.04. The average molecular weight is 180 g/mol. The molecule has 0 bridgehead atoms. The molecule has 0 spiro atoms. The van der Waals surface area contributed by atoms with E-state index in [1.807, 2.05) is 0 Å². The summed E-state index contributed by atoms with van der Waals surface area (Å²) >= 11 is 0. The second-order valence-corrected chi connectivity index (χ2v) is 2.53. The van der Waals surface area contributed by atoms with Crippen molar-refractivity contribution in [2.45, 2.75) is 0 Å². The standard InChI is InChI=1S/C6H12O6/c7-1-6(2-8,3-9)4-12-5(10)11/h7-9H,1-4H2,(H,10,11). The molecular weight excluding hydrogens is 168 g/mol. The molecular formula is C6H12O6. The second-order valence-electron chi connectivity index (χ2n) is 2.53. The highest BCUT2D eigenvalue weighted by Crippen LogP contribution is 2.14. The zero-order valence-corrected chi connectivity index (χ0v) is 6.43. The molecule has 0 aliphatic carbocycles. The number of aliphatic hydroxyl groups is 3. The second kappa shape index (κ2) is 4.91. The molecule has 0 amide bonds. The molecule has 0 unspecified atom stereocenters. The molecule has 0 aliphatic heterocycles.